The maximum absolute atomic E-state index is 15.2. The van der Waals surface area contributed by atoms with E-state index in [9.17, 15) is 9.90 Å². The second kappa shape index (κ2) is 19.1. The molecule has 3 aromatic rings. The van der Waals surface area contributed by atoms with Gasteiger partial charge in [-0.3, -0.25) is 9.36 Å². The number of carbonyl (C=O) groups is 1. The highest BCUT2D eigenvalue weighted by Crippen LogP contribution is 2.40. The summed E-state index contributed by atoms with van der Waals surface area (Å²) in [5, 5.41) is 21.1. The number of rotatable bonds is 22. The van der Waals surface area contributed by atoms with Crippen molar-refractivity contribution in [2.75, 3.05) is 37.2 Å². The summed E-state index contributed by atoms with van der Waals surface area (Å²) in [6.45, 7) is 11.0. The van der Waals surface area contributed by atoms with Crippen LogP contribution >= 0.6 is 7.44 Å². The van der Waals surface area contributed by atoms with Gasteiger partial charge in [-0.25, -0.2) is 15.2 Å². The number of ether oxygens (including phenoxy) is 3. The third-order valence-corrected chi connectivity index (χ3v) is 11.0. The number of hydrogen-bond donors (Lipinski definition) is 5. The van der Waals surface area contributed by atoms with Crippen molar-refractivity contribution in [2.45, 2.75) is 97.7 Å². The fourth-order valence-electron chi connectivity index (χ4n) is 5.95. The molecule has 0 spiro atoms. The van der Waals surface area contributed by atoms with Gasteiger partial charge in [0.1, 0.15) is 12.4 Å². The number of carbonyl (C=O) groups excluding carboxylic acids is 1. The topological polar surface area (TPSA) is 188 Å². The molecule has 5 atom stereocenters. The number of aromatic nitrogens is 4. The number of nitrogen functional groups attached to an aromatic ring is 1. The molecule has 1 saturated carbocycles. The monoisotopic (exact) mass is 752 g/mol. The molecule has 0 saturated heterocycles. The average molecular weight is 753 g/mol. The summed E-state index contributed by atoms with van der Waals surface area (Å²) in [7, 11) is -3.83. The molecule has 1 aromatic carbocycles. The Bertz CT molecular complexity index is 1740. The molecule has 53 heavy (non-hydrogen) atoms. The first kappa shape index (κ1) is 40.5. The SMILES string of the molecule is CC(C)COC(=O)C(CC1=CC=CCC1C)NP(=O)(COCCn1cnc2c(NC3CC3)nc(N)nc21)NC(Cc1ccccc1)C(O)OCC(C)C. The number of nitrogens with zero attached hydrogens (tertiary/aromatic N) is 4. The van der Waals surface area contributed by atoms with Gasteiger partial charge in [0, 0.05) is 12.6 Å². The highest BCUT2D eigenvalue weighted by atomic mass is 31.2. The van der Waals surface area contributed by atoms with Crippen LogP contribution in [0.1, 0.15) is 65.9 Å². The van der Waals surface area contributed by atoms with Gasteiger partial charge in [0.25, 0.3) is 0 Å². The number of esters is 1. The summed E-state index contributed by atoms with van der Waals surface area (Å²) in [4.78, 5) is 27.0. The molecule has 2 heterocycles. The molecule has 2 aromatic heterocycles. The number of anilines is 2. The summed E-state index contributed by atoms with van der Waals surface area (Å²) in [6, 6.07) is 8.20. The minimum atomic E-state index is -3.83. The lowest BCUT2D eigenvalue weighted by atomic mass is 9.89. The number of aliphatic hydroxyl groups is 1. The minimum Gasteiger partial charge on any atom is -0.464 e. The van der Waals surface area contributed by atoms with Crippen LogP contribution < -0.4 is 21.2 Å². The number of aliphatic hydroxyl groups excluding tert-OH is 1. The van der Waals surface area contributed by atoms with Crippen LogP contribution in [0.25, 0.3) is 11.2 Å². The number of nitrogens with two attached hydrogens (primary N) is 1. The molecule has 0 bridgehead atoms. The zero-order chi connectivity index (χ0) is 38.0. The van der Waals surface area contributed by atoms with Crippen LogP contribution in [0.2, 0.25) is 0 Å². The standard InChI is InChI=1S/C38H57N8O6P/c1-25(2)21-51-36(47)31(19-28-12-7-6-8-13-28)44-53(49,45-32(37(48)52-22-26(3)4)20-29-14-10-9-11-27(29)5)24-50-18-17-46-23-40-33-34(41-30-15-16-30)42-38(39)43-35(33)46/h6-10,12-14,23,25-27,30-32,36,47H,11,15-22,24H2,1-5H3,(H2,44,45,49)(H3,39,41,42,43). The summed E-state index contributed by atoms with van der Waals surface area (Å²) in [6.07, 6.45) is 9.72. The molecule has 2 aliphatic rings. The molecule has 6 N–H and O–H groups in total. The number of fused-ring (bicyclic) bond motifs is 1. The molecule has 15 heteroatoms. The maximum Gasteiger partial charge on any atom is 0.323 e. The van der Waals surface area contributed by atoms with Crippen LogP contribution in [0.5, 0.6) is 0 Å². The number of hydrogen-bond acceptors (Lipinski definition) is 11. The smallest absolute Gasteiger partial charge is 0.323 e. The molecule has 0 amide bonds. The lowest BCUT2D eigenvalue weighted by molar-refractivity contribution is -0.146. The fraction of sp³-hybridized carbons (Fsp3) is 0.579. The molecule has 0 radical (unpaired) electrons. The number of benzene rings is 1. The first-order chi connectivity index (χ1) is 25.4. The van der Waals surface area contributed by atoms with Gasteiger partial charge in [-0.2, -0.15) is 9.97 Å². The van der Waals surface area contributed by atoms with Crippen LogP contribution in [0.15, 0.2) is 60.5 Å². The second-order valence-corrected chi connectivity index (χ2v) is 17.2. The third kappa shape index (κ3) is 12.4. The molecule has 1 fully saturated rings. The Morgan fingerprint density at radius 1 is 1.08 bits per heavy atom. The Hall–Kier alpha value is -3.65. The van der Waals surface area contributed by atoms with Crippen LogP contribution in [0, 0.1) is 17.8 Å². The van der Waals surface area contributed by atoms with Gasteiger partial charge in [0.05, 0.1) is 32.2 Å². The van der Waals surface area contributed by atoms with Gasteiger partial charge < -0.3 is 34.9 Å². The van der Waals surface area contributed by atoms with Crippen molar-refractivity contribution >= 4 is 36.3 Å². The van der Waals surface area contributed by atoms with E-state index in [1.54, 1.807) is 6.33 Å². The lowest BCUT2D eigenvalue weighted by Crippen LogP contribution is -2.48. The van der Waals surface area contributed by atoms with Gasteiger partial charge in [-0.05, 0) is 55.4 Å². The predicted molar refractivity (Wildman–Crippen MR) is 207 cm³/mol. The normalized spacial score (nSPS) is 18.9. The second-order valence-electron chi connectivity index (χ2n) is 15.0. The molecule has 0 aliphatic heterocycles. The first-order valence-electron chi connectivity index (χ1n) is 18.7. The van der Waals surface area contributed by atoms with E-state index < -0.39 is 31.8 Å². The summed E-state index contributed by atoms with van der Waals surface area (Å²) >= 11 is 0. The Kier molecular flexibility index (Phi) is 14.6. The van der Waals surface area contributed by atoms with Crippen LogP contribution in [-0.4, -0.2) is 81.2 Å². The van der Waals surface area contributed by atoms with Crippen LogP contribution in [0.4, 0.5) is 11.8 Å². The molecule has 14 nitrogen and oxygen atoms in total. The molecule has 290 valence electrons. The summed E-state index contributed by atoms with van der Waals surface area (Å²) < 4.78 is 34.7. The van der Waals surface area contributed by atoms with Crippen LogP contribution in [0.3, 0.4) is 0 Å². The van der Waals surface area contributed by atoms with E-state index in [0.717, 1.165) is 30.4 Å². The molecule has 5 unspecified atom stereocenters. The molecular formula is C38H57N8O6P. The lowest BCUT2D eigenvalue weighted by Gasteiger charge is -2.33. The Labute approximate surface area is 312 Å². The van der Waals surface area contributed by atoms with Gasteiger partial charge in [0.15, 0.2) is 23.3 Å². The van der Waals surface area contributed by atoms with Crippen molar-refractivity contribution in [2.24, 2.45) is 17.8 Å². The van der Waals surface area contributed by atoms with Crippen LogP contribution in [-0.2, 0) is 36.5 Å². The number of allylic oxidation sites excluding steroid dienone is 3. The zero-order valence-electron chi connectivity index (χ0n) is 31.6. The van der Waals surface area contributed by atoms with E-state index in [0.29, 0.717) is 49.0 Å². The van der Waals surface area contributed by atoms with E-state index in [-0.39, 0.29) is 43.3 Å². The molecule has 2 aliphatic carbocycles. The van der Waals surface area contributed by atoms with Gasteiger partial charge in [0.2, 0.25) is 13.4 Å². The summed E-state index contributed by atoms with van der Waals surface area (Å²) in [5.41, 5.74) is 9.18. The van der Waals surface area contributed by atoms with Crippen molar-refractivity contribution in [1.82, 2.24) is 29.7 Å². The largest absolute Gasteiger partial charge is 0.464 e. The summed E-state index contributed by atoms with van der Waals surface area (Å²) in [5.74, 6) is 0.715. The highest BCUT2D eigenvalue weighted by molar-refractivity contribution is 7.59. The predicted octanol–water partition coefficient (Wildman–Crippen LogP) is 5.41. The van der Waals surface area contributed by atoms with E-state index in [1.165, 1.54) is 0 Å². The van der Waals surface area contributed by atoms with Gasteiger partial charge in [-0.1, -0.05) is 88.8 Å². The molecule has 5 rings (SSSR count). The Morgan fingerprint density at radius 2 is 1.83 bits per heavy atom. The minimum absolute atomic E-state index is 0.118. The van der Waals surface area contributed by atoms with Crippen molar-refractivity contribution in [3.05, 3.63) is 66.0 Å². The van der Waals surface area contributed by atoms with Gasteiger partial charge >= 0.3 is 5.97 Å². The fourth-order valence-corrected chi connectivity index (χ4v) is 8.01. The van der Waals surface area contributed by atoms with E-state index in [1.807, 2.05) is 74.7 Å². The van der Waals surface area contributed by atoms with Crippen molar-refractivity contribution in [1.29, 1.82) is 0 Å². The van der Waals surface area contributed by atoms with E-state index >= 15 is 4.57 Å². The quantitative estimate of drug-likeness (QED) is 0.0380. The zero-order valence-corrected chi connectivity index (χ0v) is 32.5. The third-order valence-electron chi connectivity index (χ3n) is 8.98. The van der Waals surface area contributed by atoms with E-state index in [4.69, 9.17) is 19.9 Å². The highest BCUT2D eigenvalue weighted by Gasteiger charge is 2.36. The van der Waals surface area contributed by atoms with Crippen molar-refractivity contribution in [3.8, 4) is 0 Å². The first-order valence-corrected chi connectivity index (χ1v) is 20.6. The van der Waals surface area contributed by atoms with Crippen molar-refractivity contribution < 1.29 is 28.7 Å². The number of imidazole rings is 1. The maximum atomic E-state index is 15.2. The van der Waals surface area contributed by atoms with Crippen molar-refractivity contribution in [3.63, 3.8) is 0 Å². The van der Waals surface area contributed by atoms with Gasteiger partial charge in [-0.15, -0.1) is 0 Å². The van der Waals surface area contributed by atoms with E-state index in [2.05, 4.69) is 43.4 Å². The Morgan fingerprint density at radius 3 is 2.53 bits per heavy atom. The number of nitrogens with one attached hydrogen (secondary N) is 3. The Balaban J connectivity index is 1.39. The molecular weight excluding hydrogens is 695 g/mol. The average Bonchev–Trinajstić information content (AvgIpc) is 3.85.